The maximum absolute atomic E-state index is 11.6. The molecule has 134 valence electrons. The van der Waals surface area contributed by atoms with E-state index in [1.54, 1.807) is 0 Å². The number of aliphatic hydroxyl groups excluding tert-OH is 3. The van der Waals surface area contributed by atoms with Crippen LogP contribution in [0.25, 0.3) is 0 Å². The summed E-state index contributed by atoms with van der Waals surface area (Å²) in [6.45, 7) is 5.62. The average Bonchev–Trinajstić information content (AvgIpc) is 2.60. The number of esters is 3. The van der Waals surface area contributed by atoms with Gasteiger partial charge in [0.05, 0.1) is 19.8 Å². The summed E-state index contributed by atoms with van der Waals surface area (Å²) in [5.74, 6) is -5.76. The van der Waals surface area contributed by atoms with Gasteiger partial charge in [0.2, 0.25) is 0 Å². The van der Waals surface area contributed by atoms with Crippen LogP contribution in [0.3, 0.4) is 0 Å². The number of carbonyl (C=O) groups excluding carboxylic acids is 3. The Morgan fingerprint density at radius 3 is 1.46 bits per heavy atom. The SMILES string of the molecule is C=CC(=O)OCC(OC(=O)C=C)(OC(=O)C=C)C(CO)(CO)CO. The Morgan fingerprint density at radius 1 is 0.792 bits per heavy atom. The molecule has 9 nitrogen and oxygen atoms in total. The molecule has 0 aliphatic carbocycles. The average molecular weight is 344 g/mol. The topological polar surface area (TPSA) is 140 Å². The number of rotatable bonds is 11. The molecular weight excluding hydrogens is 324 g/mol. The zero-order valence-corrected chi connectivity index (χ0v) is 13.0. The molecule has 0 atom stereocenters. The molecule has 0 fully saturated rings. The van der Waals surface area contributed by atoms with Crippen LogP contribution in [0.1, 0.15) is 0 Å². The fraction of sp³-hybridized carbons (Fsp3) is 0.400. The summed E-state index contributed by atoms with van der Waals surface area (Å²) >= 11 is 0. The highest BCUT2D eigenvalue weighted by atomic mass is 16.8. The van der Waals surface area contributed by atoms with Gasteiger partial charge in [-0.1, -0.05) is 19.7 Å². The lowest BCUT2D eigenvalue weighted by Gasteiger charge is -2.44. The molecule has 0 aliphatic heterocycles. The maximum Gasteiger partial charge on any atom is 0.333 e. The normalized spacial score (nSPS) is 11.1. The van der Waals surface area contributed by atoms with Gasteiger partial charge in [-0.25, -0.2) is 14.4 Å². The minimum absolute atomic E-state index is 0.711. The summed E-state index contributed by atoms with van der Waals surface area (Å²) in [7, 11) is 0. The van der Waals surface area contributed by atoms with Gasteiger partial charge < -0.3 is 29.5 Å². The van der Waals surface area contributed by atoms with Crippen LogP contribution in [0.5, 0.6) is 0 Å². The number of ether oxygens (including phenoxy) is 3. The molecule has 0 aromatic rings. The van der Waals surface area contributed by atoms with E-state index in [1.807, 2.05) is 0 Å². The highest BCUT2D eigenvalue weighted by Gasteiger charge is 2.58. The van der Waals surface area contributed by atoms with Crippen molar-refractivity contribution in [2.45, 2.75) is 5.79 Å². The van der Waals surface area contributed by atoms with E-state index in [2.05, 4.69) is 19.7 Å². The molecule has 0 aliphatic rings. The maximum atomic E-state index is 11.6. The van der Waals surface area contributed by atoms with E-state index in [-0.39, 0.29) is 0 Å². The van der Waals surface area contributed by atoms with E-state index in [0.29, 0.717) is 12.2 Å². The van der Waals surface area contributed by atoms with Gasteiger partial charge in [0.25, 0.3) is 0 Å². The van der Waals surface area contributed by atoms with Crippen LogP contribution in [-0.2, 0) is 28.6 Å². The number of aliphatic hydroxyl groups is 3. The second kappa shape index (κ2) is 9.60. The van der Waals surface area contributed by atoms with E-state index in [0.717, 1.165) is 6.08 Å². The third-order valence-electron chi connectivity index (χ3n) is 3.15. The van der Waals surface area contributed by atoms with Gasteiger partial charge in [-0.3, -0.25) is 0 Å². The van der Waals surface area contributed by atoms with Crippen molar-refractivity contribution in [1.82, 2.24) is 0 Å². The van der Waals surface area contributed by atoms with Crippen LogP contribution >= 0.6 is 0 Å². The molecule has 0 spiro atoms. The van der Waals surface area contributed by atoms with Crippen LogP contribution in [0.2, 0.25) is 0 Å². The van der Waals surface area contributed by atoms with Crippen molar-refractivity contribution in [3.8, 4) is 0 Å². The number of hydrogen-bond donors (Lipinski definition) is 3. The molecule has 0 saturated heterocycles. The lowest BCUT2D eigenvalue weighted by atomic mass is 9.81. The number of carbonyl (C=O) groups is 3. The van der Waals surface area contributed by atoms with Crippen LogP contribution in [0.4, 0.5) is 0 Å². The molecule has 0 unspecified atom stereocenters. The third kappa shape index (κ3) is 4.75. The van der Waals surface area contributed by atoms with E-state index in [4.69, 9.17) is 14.2 Å². The fourth-order valence-electron chi connectivity index (χ4n) is 1.59. The molecule has 0 heterocycles. The Hall–Kier alpha value is -2.49. The van der Waals surface area contributed by atoms with Gasteiger partial charge in [0.15, 0.2) is 6.61 Å². The Morgan fingerprint density at radius 2 is 1.17 bits per heavy atom. The summed E-state index contributed by atoms with van der Waals surface area (Å²) in [5.41, 5.74) is -2.09. The Kier molecular flexibility index (Phi) is 8.61. The quantitative estimate of drug-likeness (QED) is 0.240. The first kappa shape index (κ1) is 21.5. The minimum Gasteiger partial charge on any atom is -0.454 e. The molecule has 0 aromatic carbocycles. The lowest BCUT2D eigenvalue weighted by Crippen LogP contribution is -2.62. The van der Waals surface area contributed by atoms with Gasteiger partial charge in [-0.2, -0.15) is 0 Å². The van der Waals surface area contributed by atoms with Crippen LogP contribution < -0.4 is 0 Å². The molecule has 0 radical (unpaired) electrons. The predicted molar refractivity (Wildman–Crippen MR) is 80.2 cm³/mol. The van der Waals surface area contributed by atoms with Crippen molar-refractivity contribution in [1.29, 1.82) is 0 Å². The molecule has 0 saturated carbocycles. The van der Waals surface area contributed by atoms with Crippen molar-refractivity contribution in [3.05, 3.63) is 38.0 Å². The highest BCUT2D eigenvalue weighted by Crippen LogP contribution is 2.37. The van der Waals surface area contributed by atoms with Crippen molar-refractivity contribution in [2.24, 2.45) is 5.41 Å². The largest absolute Gasteiger partial charge is 0.454 e. The highest BCUT2D eigenvalue weighted by molar-refractivity contribution is 5.84. The summed E-state index contributed by atoms with van der Waals surface area (Å²) < 4.78 is 14.7. The zero-order valence-electron chi connectivity index (χ0n) is 13.0. The van der Waals surface area contributed by atoms with Gasteiger partial charge in [0.1, 0.15) is 5.41 Å². The van der Waals surface area contributed by atoms with Crippen molar-refractivity contribution in [3.63, 3.8) is 0 Å². The predicted octanol–water partition coefficient (Wildman–Crippen LogP) is -1.17. The van der Waals surface area contributed by atoms with E-state index in [1.165, 1.54) is 0 Å². The monoisotopic (exact) mass is 344 g/mol. The Bertz CT molecular complexity index is 475. The van der Waals surface area contributed by atoms with Crippen LogP contribution in [-0.4, -0.2) is 65.4 Å². The Labute approximate surface area is 138 Å². The number of hydrogen-bond acceptors (Lipinski definition) is 9. The minimum atomic E-state index is -2.54. The smallest absolute Gasteiger partial charge is 0.333 e. The molecule has 0 rings (SSSR count). The second-order valence-electron chi connectivity index (χ2n) is 4.57. The van der Waals surface area contributed by atoms with E-state index < -0.39 is 55.5 Å². The molecular formula is C15H20O9. The van der Waals surface area contributed by atoms with Crippen LogP contribution in [0, 0.1) is 5.41 Å². The van der Waals surface area contributed by atoms with Gasteiger partial charge in [0, 0.05) is 18.2 Å². The summed E-state index contributed by atoms with van der Waals surface area (Å²) in [6.07, 6.45) is 2.21. The molecule has 0 aromatic heterocycles. The first-order valence-electron chi connectivity index (χ1n) is 6.63. The van der Waals surface area contributed by atoms with Crippen molar-refractivity contribution in [2.75, 3.05) is 26.4 Å². The molecule has 24 heavy (non-hydrogen) atoms. The molecule has 9 heteroatoms. The summed E-state index contributed by atoms with van der Waals surface area (Å²) in [5, 5.41) is 28.8. The van der Waals surface area contributed by atoms with Crippen molar-refractivity contribution >= 4 is 17.9 Å². The van der Waals surface area contributed by atoms with E-state index in [9.17, 15) is 29.7 Å². The molecule has 3 N–H and O–H groups in total. The fourth-order valence-corrected chi connectivity index (χ4v) is 1.59. The van der Waals surface area contributed by atoms with Gasteiger partial charge in [-0.15, -0.1) is 0 Å². The first-order chi connectivity index (χ1) is 11.3. The standard InChI is InChI=1S/C15H20O9/c1-4-11(19)22-10-15(23-12(20)5-2,24-13(21)6-3)14(7-16,8-17)9-18/h4-6,16-18H,1-3,7-10H2. The first-order valence-corrected chi connectivity index (χ1v) is 6.63. The Balaban J connectivity index is 6.14. The molecule has 0 amide bonds. The summed E-state index contributed by atoms with van der Waals surface area (Å²) in [4.78, 5) is 34.6. The molecule has 0 bridgehead atoms. The van der Waals surface area contributed by atoms with Gasteiger partial charge >= 0.3 is 23.7 Å². The zero-order chi connectivity index (χ0) is 18.8. The van der Waals surface area contributed by atoms with Crippen molar-refractivity contribution < 1.29 is 43.9 Å². The lowest BCUT2D eigenvalue weighted by molar-refractivity contribution is -0.302. The van der Waals surface area contributed by atoms with Crippen LogP contribution in [0.15, 0.2) is 38.0 Å². The second-order valence-corrected chi connectivity index (χ2v) is 4.57. The third-order valence-corrected chi connectivity index (χ3v) is 3.15. The van der Waals surface area contributed by atoms with Gasteiger partial charge in [-0.05, 0) is 0 Å². The van der Waals surface area contributed by atoms with E-state index >= 15 is 0 Å². The summed E-state index contributed by atoms with van der Waals surface area (Å²) in [6, 6.07) is 0.